The molecule has 8 nitrogen and oxygen atoms in total. The van der Waals surface area contributed by atoms with Gasteiger partial charge < -0.3 is 10.6 Å². The monoisotopic (exact) mass is 254 g/mol. The Morgan fingerprint density at radius 2 is 2.22 bits per heavy atom. The Hall–Kier alpha value is -1.96. The first-order chi connectivity index (χ1) is 8.52. The van der Waals surface area contributed by atoms with Crippen molar-refractivity contribution in [2.24, 2.45) is 7.05 Å². The van der Waals surface area contributed by atoms with Crippen molar-refractivity contribution in [1.82, 2.24) is 30.7 Å². The summed E-state index contributed by atoms with van der Waals surface area (Å²) in [4.78, 5) is 26.5. The van der Waals surface area contributed by atoms with Gasteiger partial charge in [-0.2, -0.15) is 5.10 Å². The minimum atomic E-state index is -0.514. The van der Waals surface area contributed by atoms with Crippen LogP contribution < -0.4 is 16.0 Å². The van der Waals surface area contributed by atoms with E-state index in [-0.39, 0.29) is 5.91 Å². The Labute approximate surface area is 105 Å². The normalized spacial score (nSPS) is 11.9. The molecule has 1 unspecified atom stereocenters. The van der Waals surface area contributed by atoms with E-state index >= 15 is 0 Å². The second kappa shape index (κ2) is 6.70. The van der Waals surface area contributed by atoms with Gasteiger partial charge in [0.15, 0.2) is 5.82 Å². The van der Waals surface area contributed by atoms with Crippen LogP contribution in [0, 0.1) is 0 Å². The summed E-state index contributed by atoms with van der Waals surface area (Å²) in [7, 11) is 3.25. The van der Waals surface area contributed by atoms with Crippen molar-refractivity contribution in [2.75, 3.05) is 13.6 Å². The Morgan fingerprint density at radius 1 is 1.50 bits per heavy atom. The predicted octanol–water partition coefficient (Wildman–Crippen LogP) is -1.21. The first-order valence-corrected chi connectivity index (χ1v) is 5.63. The van der Waals surface area contributed by atoms with Gasteiger partial charge in [-0.25, -0.2) is 9.78 Å². The molecule has 1 aromatic heterocycles. The van der Waals surface area contributed by atoms with Crippen LogP contribution in [0.2, 0.25) is 0 Å². The van der Waals surface area contributed by atoms with Crippen molar-refractivity contribution < 1.29 is 9.59 Å². The fourth-order valence-corrected chi connectivity index (χ4v) is 1.27. The van der Waals surface area contributed by atoms with Crippen LogP contribution in [0.1, 0.15) is 12.7 Å². The van der Waals surface area contributed by atoms with Crippen LogP contribution in [0.5, 0.6) is 0 Å². The minimum absolute atomic E-state index is 0.372. The third-order valence-corrected chi connectivity index (χ3v) is 2.30. The number of aromatic nitrogens is 3. The molecule has 0 bridgehead atoms. The number of aryl methyl sites for hydroxylation is 1. The second-order valence-electron chi connectivity index (χ2n) is 3.83. The van der Waals surface area contributed by atoms with Crippen LogP contribution in [-0.2, 0) is 18.3 Å². The van der Waals surface area contributed by atoms with Crippen molar-refractivity contribution >= 4 is 11.9 Å². The van der Waals surface area contributed by atoms with E-state index < -0.39 is 12.1 Å². The van der Waals surface area contributed by atoms with E-state index in [1.165, 1.54) is 7.05 Å². The number of hydrogen-bond acceptors (Lipinski definition) is 5. The lowest BCUT2D eigenvalue weighted by Crippen LogP contribution is -2.47. The van der Waals surface area contributed by atoms with Crippen molar-refractivity contribution in [3.8, 4) is 0 Å². The summed E-state index contributed by atoms with van der Waals surface area (Å²) in [5.41, 5.74) is 0. The zero-order valence-electron chi connectivity index (χ0n) is 10.7. The van der Waals surface area contributed by atoms with E-state index in [1.54, 1.807) is 25.0 Å². The van der Waals surface area contributed by atoms with E-state index in [9.17, 15) is 9.59 Å². The molecule has 0 aromatic carbocycles. The quantitative estimate of drug-likeness (QED) is 0.612. The van der Waals surface area contributed by atoms with Gasteiger partial charge >= 0.3 is 6.03 Å². The van der Waals surface area contributed by atoms with Gasteiger partial charge in [0.1, 0.15) is 6.33 Å². The fourth-order valence-electron chi connectivity index (χ4n) is 1.27. The maximum absolute atomic E-state index is 11.5. The van der Waals surface area contributed by atoms with Crippen molar-refractivity contribution in [3.05, 3.63) is 12.2 Å². The van der Waals surface area contributed by atoms with Gasteiger partial charge in [0.25, 0.3) is 0 Å². The molecule has 1 rings (SSSR count). The van der Waals surface area contributed by atoms with Gasteiger partial charge in [-0.1, -0.05) is 0 Å². The topological polar surface area (TPSA) is 101 Å². The average molecular weight is 254 g/mol. The molecule has 0 aliphatic rings. The summed E-state index contributed by atoms with van der Waals surface area (Å²) < 4.78 is 1.62. The number of rotatable bonds is 5. The zero-order valence-corrected chi connectivity index (χ0v) is 10.7. The average Bonchev–Trinajstić information content (AvgIpc) is 2.74. The molecule has 0 fully saturated rings. The first-order valence-electron chi connectivity index (χ1n) is 5.63. The van der Waals surface area contributed by atoms with Crippen LogP contribution in [0.4, 0.5) is 4.79 Å². The number of urea groups is 1. The molecule has 100 valence electrons. The van der Waals surface area contributed by atoms with Gasteiger partial charge in [-0.3, -0.25) is 14.8 Å². The molecule has 0 aliphatic heterocycles. The molecule has 1 heterocycles. The minimum Gasteiger partial charge on any atom is -0.341 e. The molecule has 3 N–H and O–H groups in total. The molecule has 8 heteroatoms. The SMILES string of the molecule is CNC(=O)NC(=O)C(C)NCCc1ncn(C)n1. The standard InChI is InChI=1S/C10H18N6O2/c1-7(9(17)14-10(18)11-2)12-5-4-8-13-6-16(3)15-8/h6-7,12H,4-5H2,1-3H3,(H2,11,14,17,18). The van der Waals surface area contributed by atoms with Gasteiger partial charge in [0.05, 0.1) is 6.04 Å². The Balaban J connectivity index is 2.26. The third-order valence-electron chi connectivity index (χ3n) is 2.30. The lowest BCUT2D eigenvalue weighted by molar-refractivity contribution is -0.121. The largest absolute Gasteiger partial charge is 0.341 e. The van der Waals surface area contributed by atoms with Gasteiger partial charge in [-0.15, -0.1) is 0 Å². The molecular formula is C10H18N6O2. The molecule has 0 saturated heterocycles. The van der Waals surface area contributed by atoms with Gasteiger partial charge in [0, 0.05) is 27.1 Å². The van der Waals surface area contributed by atoms with E-state index in [2.05, 4.69) is 26.0 Å². The lowest BCUT2D eigenvalue weighted by Gasteiger charge is -2.12. The molecule has 0 aliphatic carbocycles. The highest BCUT2D eigenvalue weighted by molar-refractivity contribution is 5.96. The molecular weight excluding hydrogens is 236 g/mol. The first kappa shape index (κ1) is 14.1. The molecule has 1 aromatic rings. The highest BCUT2D eigenvalue weighted by atomic mass is 16.2. The van der Waals surface area contributed by atoms with Crippen molar-refractivity contribution in [2.45, 2.75) is 19.4 Å². The Morgan fingerprint density at radius 3 is 2.78 bits per heavy atom. The number of imide groups is 1. The van der Waals surface area contributed by atoms with Gasteiger partial charge in [-0.05, 0) is 6.92 Å². The zero-order chi connectivity index (χ0) is 13.5. The molecule has 1 atom stereocenters. The summed E-state index contributed by atoms with van der Waals surface area (Å²) in [5, 5.41) is 11.6. The molecule has 0 radical (unpaired) electrons. The summed E-state index contributed by atoms with van der Waals surface area (Å²) in [5.74, 6) is 0.340. The highest BCUT2D eigenvalue weighted by Gasteiger charge is 2.14. The number of amides is 3. The molecule has 18 heavy (non-hydrogen) atoms. The van der Waals surface area contributed by atoms with E-state index in [0.29, 0.717) is 18.8 Å². The number of carbonyl (C=O) groups excluding carboxylic acids is 2. The number of nitrogens with zero attached hydrogens (tertiary/aromatic N) is 3. The van der Waals surface area contributed by atoms with Crippen molar-refractivity contribution in [1.29, 1.82) is 0 Å². The molecule has 3 amide bonds. The fraction of sp³-hybridized carbons (Fsp3) is 0.600. The highest BCUT2D eigenvalue weighted by Crippen LogP contribution is 1.89. The summed E-state index contributed by atoms with van der Waals surface area (Å²) >= 11 is 0. The van der Waals surface area contributed by atoms with Crippen molar-refractivity contribution in [3.63, 3.8) is 0 Å². The molecule has 0 saturated carbocycles. The lowest BCUT2D eigenvalue weighted by atomic mass is 10.3. The number of nitrogens with one attached hydrogen (secondary N) is 3. The summed E-state index contributed by atoms with van der Waals surface area (Å²) in [6, 6.07) is -0.967. The summed E-state index contributed by atoms with van der Waals surface area (Å²) in [6.45, 7) is 2.25. The van der Waals surface area contributed by atoms with Crippen LogP contribution in [0.15, 0.2) is 6.33 Å². The number of carbonyl (C=O) groups is 2. The van der Waals surface area contributed by atoms with Crippen LogP contribution in [0.3, 0.4) is 0 Å². The van der Waals surface area contributed by atoms with Crippen LogP contribution in [-0.4, -0.2) is 46.3 Å². The van der Waals surface area contributed by atoms with E-state index in [4.69, 9.17) is 0 Å². The Kier molecular flexibility index (Phi) is 5.25. The van der Waals surface area contributed by atoms with Crippen LogP contribution >= 0.6 is 0 Å². The third kappa shape index (κ3) is 4.50. The maximum atomic E-state index is 11.5. The summed E-state index contributed by atoms with van der Waals surface area (Å²) in [6.07, 6.45) is 2.25. The molecule has 0 spiro atoms. The van der Waals surface area contributed by atoms with E-state index in [1.807, 2.05) is 0 Å². The Bertz CT molecular complexity index is 416. The smallest absolute Gasteiger partial charge is 0.321 e. The maximum Gasteiger partial charge on any atom is 0.321 e. The number of hydrogen-bond donors (Lipinski definition) is 3. The van der Waals surface area contributed by atoms with E-state index in [0.717, 1.165) is 0 Å². The predicted molar refractivity (Wildman–Crippen MR) is 64.8 cm³/mol. The van der Waals surface area contributed by atoms with Gasteiger partial charge in [0.2, 0.25) is 5.91 Å². The van der Waals surface area contributed by atoms with Crippen LogP contribution in [0.25, 0.3) is 0 Å². The second-order valence-corrected chi connectivity index (χ2v) is 3.83.